The fraction of sp³-hybridized carbons (Fsp3) is 0.182. The lowest BCUT2D eigenvalue weighted by molar-refractivity contribution is 0.212. The van der Waals surface area contributed by atoms with Crippen LogP contribution >= 0.6 is 0 Å². The lowest BCUT2D eigenvalue weighted by atomic mass is 10.1. The van der Waals surface area contributed by atoms with Crippen molar-refractivity contribution in [1.29, 1.82) is 0 Å². The van der Waals surface area contributed by atoms with E-state index in [1.165, 1.54) is 19.4 Å². The highest BCUT2D eigenvalue weighted by molar-refractivity contribution is 5.23. The van der Waals surface area contributed by atoms with Crippen LogP contribution in [0.3, 0.4) is 0 Å². The molecule has 88 valence electrons. The van der Waals surface area contributed by atoms with Crippen molar-refractivity contribution in [2.45, 2.75) is 6.10 Å². The van der Waals surface area contributed by atoms with Crippen LogP contribution < -0.4 is 4.74 Å². The smallest absolute Gasteiger partial charge is 0.233 e. The number of halogens is 1. The maximum atomic E-state index is 12.9. The number of ether oxygens (including phenoxy) is 1. The third-order valence-corrected chi connectivity index (χ3v) is 2.19. The Labute approximate surface area is 96.9 Å². The second kappa shape index (κ2) is 4.84. The molecule has 5 nitrogen and oxygen atoms in total. The molecule has 2 heterocycles. The first-order valence-corrected chi connectivity index (χ1v) is 4.87. The van der Waals surface area contributed by atoms with Gasteiger partial charge in [-0.15, -0.1) is 10.2 Å². The molecule has 1 unspecified atom stereocenters. The summed E-state index contributed by atoms with van der Waals surface area (Å²) in [4.78, 5) is 3.66. The Morgan fingerprint density at radius 2 is 2.12 bits per heavy atom. The van der Waals surface area contributed by atoms with Crippen LogP contribution in [0, 0.1) is 5.82 Å². The molecule has 2 aromatic heterocycles. The number of aromatic nitrogens is 3. The van der Waals surface area contributed by atoms with Crippen molar-refractivity contribution in [2.75, 3.05) is 7.11 Å². The molecule has 0 aliphatic heterocycles. The van der Waals surface area contributed by atoms with Crippen molar-refractivity contribution in [1.82, 2.24) is 15.2 Å². The SMILES string of the molecule is COc1ccc(C(O)c2cncc(F)c2)nn1. The standard InChI is InChI=1S/C11H10FN3O2/c1-17-10-3-2-9(14-15-10)11(16)7-4-8(12)6-13-5-7/h2-6,11,16H,1H3. The summed E-state index contributed by atoms with van der Waals surface area (Å²) >= 11 is 0. The summed E-state index contributed by atoms with van der Waals surface area (Å²) in [5, 5.41) is 17.4. The number of aliphatic hydroxyl groups excluding tert-OH is 1. The van der Waals surface area contributed by atoms with Crippen molar-refractivity contribution in [3.63, 3.8) is 0 Å². The zero-order valence-corrected chi connectivity index (χ0v) is 9.04. The summed E-state index contributed by atoms with van der Waals surface area (Å²) in [6.07, 6.45) is 1.38. The Bertz CT molecular complexity index is 504. The van der Waals surface area contributed by atoms with E-state index in [2.05, 4.69) is 15.2 Å². The number of nitrogens with zero attached hydrogens (tertiary/aromatic N) is 3. The van der Waals surface area contributed by atoms with Gasteiger partial charge in [0, 0.05) is 17.8 Å². The van der Waals surface area contributed by atoms with E-state index in [9.17, 15) is 9.50 Å². The minimum Gasteiger partial charge on any atom is -0.480 e. The number of aliphatic hydroxyl groups is 1. The van der Waals surface area contributed by atoms with Gasteiger partial charge in [0.25, 0.3) is 0 Å². The third-order valence-electron chi connectivity index (χ3n) is 2.19. The van der Waals surface area contributed by atoms with Crippen LogP contribution in [0.2, 0.25) is 0 Å². The summed E-state index contributed by atoms with van der Waals surface area (Å²) < 4.78 is 17.8. The van der Waals surface area contributed by atoms with Crippen LogP contribution in [0.25, 0.3) is 0 Å². The third kappa shape index (κ3) is 2.54. The topological polar surface area (TPSA) is 68.1 Å². The quantitative estimate of drug-likeness (QED) is 0.862. The lowest BCUT2D eigenvalue weighted by Gasteiger charge is -2.09. The van der Waals surface area contributed by atoms with Gasteiger partial charge < -0.3 is 9.84 Å². The van der Waals surface area contributed by atoms with Gasteiger partial charge in [-0.05, 0) is 12.1 Å². The minimum atomic E-state index is -1.06. The van der Waals surface area contributed by atoms with Gasteiger partial charge in [-0.25, -0.2) is 4.39 Å². The van der Waals surface area contributed by atoms with Crippen LogP contribution in [0.15, 0.2) is 30.6 Å². The van der Waals surface area contributed by atoms with E-state index in [1.54, 1.807) is 12.1 Å². The second-order valence-electron chi connectivity index (χ2n) is 3.34. The molecule has 0 radical (unpaired) electrons. The van der Waals surface area contributed by atoms with Crippen molar-refractivity contribution < 1.29 is 14.2 Å². The second-order valence-corrected chi connectivity index (χ2v) is 3.34. The van der Waals surface area contributed by atoms with Crippen molar-refractivity contribution in [2.24, 2.45) is 0 Å². The average Bonchev–Trinajstić information content (AvgIpc) is 2.38. The van der Waals surface area contributed by atoms with Gasteiger partial charge in [-0.2, -0.15) is 0 Å². The molecule has 1 atom stereocenters. The molecule has 0 aliphatic carbocycles. The molecule has 0 saturated carbocycles. The zero-order chi connectivity index (χ0) is 12.3. The Hall–Kier alpha value is -2.08. The lowest BCUT2D eigenvalue weighted by Crippen LogP contribution is -2.05. The Morgan fingerprint density at radius 3 is 2.71 bits per heavy atom. The fourth-order valence-electron chi connectivity index (χ4n) is 1.33. The first-order valence-electron chi connectivity index (χ1n) is 4.87. The van der Waals surface area contributed by atoms with E-state index < -0.39 is 11.9 Å². The number of methoxy groups -OCH3 is 1. The molecule has 2 rings (SSSR count). The zero-order valence-electron chi connectivity index (χ0n) is 9.04. The molecular formula is C11H10FN3O2. The van der Waals surface area contributed by atoms with E-state index in [0.29, 0.717) is 17.1 Å². The highest BCUT2D eigenvalue weighted by atomic mass is 19.1. The number of hydrogen-bond acceptors (Lipinski definition) is 5. The average molecular weight is 235 g/mol. The molecule has 0 aliphatic rings. The number of pyridine rings is 1. The van der Waals surface area contributed by atoms with Gasteiger partial charge in [0.05, 0.1) is 19.0 Å². The van der Waals surface area contributed by atoms with Gasteiger partial charge in [0.1, 0.15) is 11.9 Å². The molecule has 0 aromatic carbocycles. The van der Waals surface area contributed by atoms with E-state index in [-0.39, 0.29) is 0 Å². The first-order chi connectivity index (χ1) is 8.20. The van der Waals surface area contributed by atoms with E-state index in [4.69, 9.17) is 4.74 Å². The molecule has 1 N–H and O–H groups in total. The molecule has 0 fully saturated rings. The monoisotopic (exact) mass is 235 g/mol. The minimum absolute atomic E-state index is 0.304. The van der Waals surface area contributed by atoms with Gasteiger partial charge in [0.2, 0.25) is 5.88 Å². The maximum absolute atomic E-state index is 12.9. The normalized spacial score (nSPS) is 12.2. The summed E-state index contributed by atoms with van der Waals surface area (Å²) in [6.45, 7) is 0. The van der Waals surface area contributed by atoms with Crippen LogP contribution in [0.1, 0.15) is 17.4 Å². The first kappa shape index (κ1) is 11.4. The van der Waals surface area contributed by atoms with Crippen LogP contribution in [-0.2, 0) is 0 Å². The summed E-state index contributed by atoms with van der Waals surface area (Å²) in [7, 11) is 1.47. The summed E-state index contributed by atoms with van der Waals surface area (Å²) in [6, 6.07) is 4.32. The van der Waals surface area contributed by atoms with Gasteiger partial charge >= 0.3 is 0 Å². The molecule has 6 heteroatoms. The molecule has 0 spiro atoms. The highest BCUT2D eigenvalue weighted by Crippen LogP contribution is 2.20. The maximum Gasteiger partial charge on any atom is 0.233 e. The molecule has 17 heavy (non-hydrogen) atoms. The Morgan fingerprint density at radius 1 is 1.29 bits per heavy atom. The summed E-state index contributed by atoms with van der Waals surface area (Å²) in [5.74, 6) is -0.165. The van der Waals surface area contributed by atoms with E-state index >= 15 is 0 Å². The van der Waals surface area contributed by atoms with Gasteiger partial charge in [-0.1, -0.05) is 0 Å². The fourth-order valence-corrected chi connectivity index (χ4v) is 1.33. The van der Waals surface area contributed by atoms with E-state index in [1.807, 2.05) is 0 Å². The van der Waals surface area contributed by atoms with Crippen LogP contribution in [0.4, 0.5) is 4.39 Å². The summed E-state index contributed by atoms with van der Waals surface area (Å²) in [5.41, 5.74) is 0.627. The van der Waals surface area contributed by atoms with Crippen LogP contribution in [-0.4, -0.2) is 27.4 Å². The molecule has 0 amide bonds. The highest BCUT2D eigenvalue weighted by Gasteiger charge is 2.13. The Kier molecular flexibility index (Phi) is 3.24. The van der Waals surface area contributed by atoms with Crippen LogP contribution in [0.5, 0.6) is 5.88 Å². The van der Waals surface area contributed by atoms with Crippen molar-refractivity contribution in [3.8, 4) is 5.88 Å². The van der Waals surface area contributed by atoms with Crippen molar-refractivity contribution in [3.05, 3.63) is 47.7 Å². The van der Waals surface area contributed by atoms with Gasteiger partial charge in [0.15, 0.2) is 0 Å². The molecule has 2 aromatic rings. The van der Waals surface area contributed by atoms with Crippen molar-refractivity contribution >= 4 is 0 Å². The molecular weight excluding hydrogens is 225 g/mol. The number of rotatable bonds is 3. The largest absolute Gasteiger partial charge is 0.480 e. The Balaban J connectivity index is 2.27. The number of hydrogen-bond donors (Lipinski definition) is 1. The predicted molar refractivity (Wildman–Crippen MR) is 56.8 cm³/mol. The van der Waals surface area contributed by atoms with E-state index in [0.717, 1.165) is 6.20 Å². The predicted octanol–water partition coefficient (Wildman–Crippen LogP) is 1.10. The molecule has 0 bridgehead atoms. The van der Waals surface area contributed by atoms with Gasteiger partial charge in [-0.3, -0.25) is 4.98 Å². The molecule has 0 saturated heterocycles.